The van der Waals surface area contributed by atoms with E-state index in [1.165, 1.54) is 0 Å². The third kappa shape index (κ3) is 4.73. The Morgan fingerprint density at radius 3 is 2.76 bits per heavy atom. The van der Waals surface area contributed by atoms with Gasteiger partial charge in [-0.1, -0.05) is 31.5 Å². The van der Waals surface area contributed by atoms with Crippen molar-refractivity contribution < 1.29 is 4.74 Å². The number of rotatable bonds is 6. The Labute approximate surface area is 131 Å². The Balaban J connectivity index is 2.12. The summed E-state index contributed by atoms with van der Waals surface area (Å²) >= 11 is 6.22. The van der Waals surface area contributed by atoms with E-state index in [0.717, 1.165) is 30.0 Å². The lowest BCUT2D eigenvalue weighted by atomic mass is 10.2. The average Bonchev–Trinajstić information content (AvgIpc) is 2.43. The van der Waals surface area contributed by atoms with Gasteiger partial charge in [-0.25, -0.2) is 0 Å². The molecule has 2 aromatic rings. The van der Waals surface area contributed by atoms with Crippen molar-refractivity contribution >= 4 is 11.6 Å². The summed E-state index contributed by atoms with van der Waals surface area (Å²) in [6.07, 6.45) is 3.55. The van der Waals surface area contributed by atoms with Gasteiger partial charge in [-0.15, -0.1) is 0 Å². The Morgan fingerprint density at radius 1 is 1.24 bits per heavy atom. The first kappa shape index (κ1) is 15.8. The fourth-order valence-corrected chi connectivity index (χ4v) is 2.22. The summed E-state index contributed by atoms with van der Waals surface area (Å²) in [6, 6.07) is 7.64. The van der Waals surface area contributed by atoms with Gasteiger partial charge in [-0.2, -0.15) is 0 Å². The van der Waals surface area contributed by atoms with Crippen LogP contribution in [0.3, 0.4) is 0 Å². The van der Waals surface area contributed by atoms with Gasteiger partial charge in [0.05, 0.1) is 5.02 Å². The van der Waals surface area contributed by atoms with Gasteiger partial charge in [0.25, 0.3) is 0 Å². The van der Waals surface area contributed by atoms with Gasteiger partial charge < -0.3 is 10.1 Å². The molecule has 1 N–H and O–H groups in total. The van der Waals surface area contributed by atoms with Crippen molar-refractivity contribution in [3.05, 3.63) is 52.8 Å². The molecular formula is C17H21ClN2O. The molecule has 21 heavy (non-hydrogen) atoms. The quantitative estimate of drug-likeness (QED) is 0.848. The number of aryl methyl sites for hydroxylation is 1. The molecule has 3 nitrogen and oxygen atoms in total. The summed E-state index contributed by atoms with van der Waals surface area (Å²) in [6.45, 7) is 8.05. The molecule has 0 radical (unpaired) electrons. The second-order valence-corrected chi connectivity index (χ2v) is 5.95. The van der Waals surface area contributed by atoms with Crippen LogP contribution in [0.15, 0.2) is 36.7 Å². The summed E-state index contributed by atoms with van der Waals surface area (Å²) in [4.78, 5) is 4.17. The van der Waals surface area contributed by atoms with Gasteiger partial charge >= 0.3 is 0 Å². The van der Waals surface area contributed by atoms with Crippen molar-refractivity contribution in [1.82, 2.24) is 10.3 Å². The van der Waals surface area contributed by atoms with Crippen LogP contribution in [0.4, 0.5) is 0 Å². The minimum absolute atomic E-state index is 0.609. The van der Waals surface area contributed by atoms with Crippen LogP contribution in [0.1, 0.15) is 25.0 Å². The fourth-order valence-electron chi connectivity index (χ4n) is 1.95. The van der Waals surface area contributed by atoms with E-state index in [0.29, 0.717) is 16.7 Å². The molecule has 4 heteroatoms. The van der Waals surface area contributed by atoms with Crippen LogP contribution in [-0.2, 0) is 6.54 Å². The Kier molecular flexibility index (Phi) is 5.59. The first-order chi connectivity index (χ1) is 10.1. The lowest BCUT2D eigenvalue weighted by Gasteiger charge is -2.13. The van der Waals surface area contributed by atoms with E-state index in [4.69, 9.17) is 16.3 Å². The molecule has 112 valence electrons. The van der Waals surface area contributed by atoms with Crippen molar-refractivity contribution in [3.8, 4) is 11.5 Å². The van der Waals surface area contributed by atoms with Crippen LogP contribution in [0.25, 0.3) is 0 Å². The number of pyridine rings is 1. The van der Waals surface area contributed by atoms with Gasteiger partial charge in [0, 0.05) is 24.5 Å². The Hall–Kier alpha value is -1.58. The van der Waals surface area contributed by atoms with Crippen molar-refractivity contribution in [2.75, 3.05) is 6.54 Å². The van der Waals surface area contributed by atoms with Crippen molar-refractivity contribution in [1.29, 1.82) is 0 Å². The van der Waals surface area contributed by atoms with Gasteiger partial charge in [0.1, 0.15) is 11.5 Å². The Morgan fingerprint density at radius 2 is 2.05 bits per heavy atom. The van der Waals surface area contributed by atoms with Crippen LogP contribution >= 0.6 is 11.6 Å². The third-order valence-corrected chi connectivity index (χ3v) is 3.33. The average molecular weight is 305 g/mol. The van der Waals surface area contributed by atoms with Crippen molar-refractivity contribution in [2.24, 2.45) is 5.92 Å². The summed E-state index contributed by atoms with van der Waals surface area (Å²) in [7, 11) is 0. The van der Waals surface area contributed by atoms with Gasteiger partial charge in [-0.05, 0) is 43.1 Å². The number of aromatic nitrogens is 1. The van der Waals surface area contributed by atoms with Gasteiger partial charge in [0.2, 0.25) is 0 Å². The molecule has 0 saturated carbocycles. The zero-order valence-electron chi connectivity index (χ0n) is 12.7. The molecule has 0 amide bonds. The number of hydrogen-bond acceptors (Lipinski definition) is 3. The molecule has 0 atom stereocenters. The minimum atomic E-state index is 0.609. The number of benzene rings is 1. The normalized spacial score (nSPS) is 10.9. The summed E-state index contributed by atoms with van der Waals surface area (Å²) in [5.74, 6) is 2.06. The molecule has 0 aliphatic rings. The highest BCUT2D eigenvalue weighted by Crippen LogP contribution is 2.31. The predicted molar refractivity (Wildman–Crippen MR) is 87.0 cm³/mol. The molecule has 1 heterocycles. The lowest BCUT2D eigenvalue weighted by molar-refractivity contribution is 0.468. The van der Waals surface area contributed by atoms with E-state index in [1.54, 1.807) is 6.20 Å². The van der Waals surface area contributed by atoms with Gasteiger partial charge in [-0.3, -0.25) is 4.98 Å². The molecular weight excluding hydrogens is 284 g/mol. The zero-order valence-corrected chi connectivity index (χ0v) is 13.4. The number of nitrogens with zero attached hydrogens (tertiary/aromatic N) is 1. The molecule has 0 aliphatic carbocycles. The third-order valence-electron chi connectivity index (χ3n) is 3.03. The van der Waals surface area contributed by atoms with Crippen LogP contribution < -0.4 is 10.1 Å². The molecule has 0 fully saturated rings. The molecule has 0 spiro atoms. The monoisotopic (exact) mass is 304 g/mol. The SMILES string of the molecule is Cc1ccc(Oc2ccncc2CNCC(C)C)c(Cl)c1. The standard InChI is InChI=1S/C17H21ClN2O/c1-12(2)9-20-11-14-10-19-7-6-16(14)21-17-5-4-13(3)8-15(17)18/h4-8,10,12,20H,9,11H2,1-3H3. The molecule has 1 aromatic heterocycles. The lowest BCUT2D eigenvalue weighted by Crippen LogP contribution is -2.19. The van der Waals surface area contributed by atoms with Crippen LogP contribution in [-0.4, -0.2) is 11.5 Å². The molecule has 0 saturated heterocycles. The van der Waals surface area contributed by atoms with Crippen LogP contribution in [0.5, 0.6) is 11.5 Å². The fraction of sp³-hybridized carbons (Fsp3) is 0.353. The number of ether oxygens (including phenoxy) is 1. The number of hydrogen-bond donors (Lipinski definition) is 1. The van der Waals surface area contributed by atoms with E-state index >= 15 is 0 Å². The second kappa shape index (κ2) is 7.43. The molecule has 0 bridgehead atoms. The maximum absolute atomic E-state index is 6.22. The molecule has 2 rings (SSSR count). The number of halogens is 1. The summed E-state index contributed by atoms with van der Waals surface area (Å²) < 4.78 is 5.94. The van der Waals surface area contributed by atoms with E-state index in [-0.39, 0.29) is 0 Å². The van der Waals surface area contributed by atoms with E-state index in [2.05, 4.69) is 24.1 Å². The molecule has 0 unspecified atom stereocenters. The highest BCUT2D eigenvalue weighted by atomic mass is 35.5. The van der Waals surface area contributed by atoms with Crippen LogP contribution in [0.2, 0.25) is 5.02 Å². The second-order valence-electron chi connectivity index (χ2n) is 5.54. The van der Waals surface area contributed by atoms with E-state index in [9.17, 15) is 0 Å². The highest BCUT2D eigenvalue weighted by Gasteiger charge is 2.08. The van der Waals surface area contributed by atoms with Gasteiger partial charge in [0.15, 0.2) is 0 Å². The predicted octanol–water partition coefficient (Wildman–Crippen LogP) is 4.58. The highest BCUT2D eigenvalue weighted by molar-refractivity contribution is 6.32. The first-order valence-electron chi connectivity index (χ1n) is 7.14. The maximum Gasteiger partial charge on any atom is 0.146 e. The van der Waals surface area contributed by atoms with E-state index < -0.39 is 0 Å². The smallest absolute Gasteiger partial charge is 0.146 e. The first-order valence-corrected chi connectivity index (χ1v) is 7.51. The maximum atomic E-state index is 6.22. The summed E-state index contributed by atoms with van der Waals surface area (Å²) in [5, 5.41) is 4.02. The Bertz CT molecular complexity index is 599. The molecule has 0 aliphatic heterocycles. The van der Waals surface area contributed by atoms with Crippen LogP contribution in [0, 0.1) is 12.8 Å². The topological polar surface area (TPSA) is 34.1 Å². The zero-order chi connectivity index (χ0) is 15.2. The van der Waals surface area contributed by atoms with E-state index in [1.807, 2.05) is 37.4 Å². The van der Waals surface area contributed by atoms with Crippen molar-refractivity contribution in [2.45, 2.75) is 27.3 Å². The summed E-state index contributed by atoms with van der Waals surface area (Å²) in [5.41, 5.74) is 2.13. The van der Waals surface area contributed by atoms with Crippen molar-refractivity contribution in [3.63, 3.8) is 0 Å². The molecule has 1 aromatic carbocycles. The number of nitrogens with one attached hydrogen (secondary N) is 1. The minimum Gasteiger partial charge on any atom is -0.455 e. The largest absolute Gasteiger partial charge is 0.455 e.